The van der Waals surface area contributed by atoms with E-state index >= 15 is 0 Å². The number of nitrogens with zero attached hydrogens (tertiary/aromatic N) is 2. The Kier molecular flexibility index (Phi) is 4.12. The average molecular weight is 312 g/mol. The second kappa shape index (κ2) is 5.65. The maximum Gasteiger partial charge on any atom is 0.241 e. The van der Waals surface area contributed by atoms with E-state index in [4.69, 9.17) is 18.0 Å². The summed E-state index contributed by atoms with van der Waals surface area (Å²) in [5, 5.41) is 3.53. The topological polar surface area (TPSA) is 111 Å². The van der Waals surface area contributed by atoms with E-state index in [-0.39, 0.29) is 22.3 Å². The van der Waals surface area contributed by atoms with Crippen molar-refractivity contribution in [2.75, 3.05) is 0 Å². The van der Waals surface area contributed by atoms with Crippen LogP contribution in [0.5, 0.6) is 0 Å². The van der Waals surface area contributed by atoms with Crippen LogP contribution in [0.25, 0.3) is 0 Å². The summed E-state index contributed by atoms with van der Waals surface area (Å²) in [5.74, 6) is 0.256. The van der Waals surface area contributed by atoms with E-state index in [0.717, 1.165) is 6.39 Å². The van der Waals surface area contributed by atoms with E-state index in [1.165, 1.54) is 6.07 Å². The molecular formula is C11H12N4O3S2. The Labute approximate surface area is 121 Å². The molecule has 1 heterocycles. The fourth-order valence-electron chi connectivity index (χ4n) is 1.61. The number of nitrogens with two attached hydrogens (primary N) is 1. The summed E-state index contributed by atoms with van der Waals surface area (Å²) < 4.78 is 31.3. The third-order valence-corrected chi connectivity index (χ3v) is 4.37. The quantitative estimate of drug-likeness (QED) is 0.773. The number of aryl methyl sites for hydroxylation is 1. The van der Waals surface area contributed by atoms with Gasteiger partial charge in [0.1, 0.15) is 4.99 Å². The van der Waals surface area contributed by atoms with Gasteiger partial charge in [-0.05, 0) is 24.6 Å². The van der Waals surface area contributed by atoms with Crippen LogP contribution in [0.4, 0.5) is 0 Å². The molecule has 9 heteroatoms. The van der Waals surface area contributed by atoms with Crippen molar-refractivity contribution >= 4 is 27.2 Å². The van der Waals surface area contributed by atoms with Gasteiger partial charge in [0.15, 0.2) is 5.82 Å². The first-order chi connectivity index (χ1) is 9.40. The minimum Gasteiger partial charge on any atom is -0.389 e. The van der Waals surface area contributed by atoms with Crippen LogP contribution in [-0.4, -0.2) is 23.5 Å². The van der Waals surface area contributed by atoms with Crippen molar-refractivity contribution in [1.82, 2.24) is 14.9 Å². The largest absolute Gasteiger partial charge is 0.389 e. The van der Waals surface area contributed by atoms with Crippen molar-refractivity contribution in [3.8, 4) is 0 Å². The number of benzene rings is 1. The second-order valence-corrected chi connectivity index (χ2v) is 6.19. The monoisotopic (exact) mass is 312 g/mol. The molecule has 0 aliphatic carbocycles. The van der Waals surface area contributed by atoms with Crippen LogP contribution < -0.4 is 10.5 Å². The minimum atomic E-state index is -3.67. The van der Waals surface area contributed by atoms with E-state index in [1.54, 1.807) is 19.1 Å². The minimum absolute atomic E-state index is 0.0463. The molecular weight excluding hydrogens is 300 g/mol. The molecule has 0 saturated heterocycles. The van der Waals surface area contributed by atoms with Crippen LogP contribution in [0.1, 0.15) is 17.0 Å². The predicted molar refractivity (Wildman–Crippen MR) is 75.4 cm³/mol. The van der Waals surface area contributed by atoms with Crippen molar-refractivity contribution in [2.24, 2.45) is 5.73 Å². The highest BCUT2D eigenvalue weighted by Crippen LogP contribution is 2.17. The van der Waals surface area contributed by atoms with Crippen LogP contribution in [-0.2, 0) is 16.6 Å². The van der Waals surface area contributed by atoms with Gasteiger partial charge in [-0.15, -0.1) is 0 Å². The summed E-state index contributed by atoms with van der Waals surface area (Å²) in [6.45, 7) is 1.63. The number of thiocarbonyl (C=S) groups is 1. The first-order valence-electron chi connectivity index (χ1n) is 5.55. The molecule has 106 valence electrons. The molecule has 7 nitrogen and oxygen atoms in total. The lowest BCUT2D eigenvalue weighted by Gasteiger charge is -2.09. The molecule has 0 radical (unpaired) electrons. The molecule has 0 fully saturated rings. The zero-order valence-corrected chi connectivity index (χ0v) is 12.2. The molecule has 0 amide bonds. The molecule has 3 N–H and O–H groups in total. The van der Waals surface area contributed by atoms with Gasteiger partial charge in [0.2, 0.25) is 16.4 Å². The standard InChI is InChI=1S/C11H12N4O3S2/c1-7-4-8(11(12)19)2-3-9(7)20(16,17)14-5-10-13-6-18-15-10/h2-4,6,14H,5H2,1H3,(H2,12,19). The Morgan fingerprint density at radius 1 is 1.50 bits per heavy atom. The fourth-order valence-corrected chi connectivity index (χ4v) is 2.94. The molecule has 0 aliphatic heterocycles. The maximum atomic E-state index is 12.2. The van der Waals surface area contributed by atoms with E-state index < -0.39 is 10.0 Å². The summed E-state index contributed by atoms with van der Waals surface area (Å²) in [5.41, 5.74) is 6.68. The van der Waals surface area contributed by atoms with E-state index in [0.29, 0.717) is 11.1 Å². The Morgan fingerprint density at radius 2 is 2.25 bits per heavy atom. The van der Waals surface area contributed by atoms with Crippen molar-refractivity contribution < 1.29 is 12.9 Å². The van der Waals surface area contributed by atoms with Crippen LogP contribution in [0, 0.1) is 6.92 Å². The molecule has 1 aromatic heterocycles. The third-order valence-electron chi connectivity index (χ3n) is 2.58. The van der Waals surface area contributed by atoms with Crippen LogP contribution in [0.3, 0.4) is 0 Å². The Hall–Kier alpha value is -1.84. The fraction of sp³-hybridized carbons (Fsp3) is 0.182. The highest BCUT2D eigenvalue weighted by atomic mass is 32.2. The van der Waals surface area contributed by atoms with Crippen LogP contribution >= 0.6 is 12.2 Å². The number of hydrogen-bond acceptors (Lipinski definition) is 6. The highest BCUT2D eigenvalue weighted by Gasteiger charge is 2.17. The summed E-state index contributed by atoms with van der Waals surface area (Å²) >= 11 is 4.85. The molecule has 0 saturated carbocycles. The van der Waals surface area contributed by atoms with Crippen molar-refractivity contribution in [3.63, 3.8) is 0 Å². The second-order valence-electron chi connectivity index (χ2n) is 4.02. The molecule has 0 aliphatic rings. The first kappa shape index (κ1) is 14.6. The number of sulfonamides is 1. The predicted octanol–water partition coefficient (Wildman–Crippen LogP) is 0.491. The molecule has 0 bridgehead atoms. The molecule has 0 atom stereocenters. The lowest BCUT2D eigenvalue weighted by molar-refractivity contribution is 0.409. The number of hydrogen-bond donors (Lipinski definition) is 2. The summed E-state index contributed by atoms with van der Waals surface area (Å²) in [7, 11) is -3.67. The Balaban J connectivity index is 2.23. The zero-order valence-electron chi connectivity index (χ0n) is 10.5. The van der Waals surface area contributed by atoms with Crippen LogP contribution in [0.2, 0.25) is 0 Å². The van der Waals surface area contributed by atoms with Gasteiger partial charge in [0.25, 0.3) is 0 Å². The van der Waals surface area contributed by atoms with Crippen molar-refractivity contribution in [1.29, 1.82) is 0 Å². The van der Waals surface area contributed by atoms with Gasteiger partial charge in [-0.3, -0.25) is 0 Å². The highest BCUT2D eigenvalue weighted by molar-refractivity contribution is 7.89. The van der Waals surface area contributed by atoms with Gasteiger partial charge in [0, 0.05) is 5.56 Å². The van der Waals surface area contributed by atoms with E-state index in [9.17, 15) is 8.42 Å². The van der Waals surface area contributed by atoms with Gasteiger partial charge in [-0.2, -0.15) is 4.98 Å². The number of aromatic nitrogens is 2. The lowest BCUT2D eigenvalue weighted by Crippen LogP contribution is -2.24. The van der Waals surface area contributed by atoms with Gasteiger partial charge in [-0.1, -0.05) is 23.4 Å². The van der Waals surface area contributed by atoms with E-state index in [2.05, 4.69) is 19.4 Å². The van der Waals surface area contributed by atoms with Crippen LogP contribution in [0.15, 0.2) is 34.0 Å². The number of rotatable bonds is 5. The maximum absolute atomic E-state index is 12.2. The molecule has 0 unspecified atom stereocenters. The summed E-state index contributed by atoms with van der Waals surface area (Å²) in [4.78, 5) is 4.11. The Bertz CT molecular complexity index is 726. The van der Waals surface area contributed by atoms with Gasteiger partial charge >= 0.3 is 0 Å². The summed E-state index contributed by atoms with van der Waals surface area (Å²) in [6.07, 6.45) is 1.13. The molecule has 0 spiro atoms. The normalized spacial score (nSPS) is 11.4. The van der Waals surface area contributed by atoms with Gasteiger partial charge in [0.05, 0.1) is 11.4 Å². The summed E-state index contributed by atoms with van der Waals surface area (Å²) in [6, 6.07) is 4.66. The van der Waals surface area contributed by atoms with E-state index in [1.807, 2.05) is 0 Å². The molecule has 20 heavy (non-hydrogen) atoms. The molecule has 1 aromatic carbocycles. The van der Waals surface area contributed by atoms with Crippen molar-refractivity contribution in [2.45, 2.75) is 18.4 Å². The first-order valence-corrected chi connectivity index (χ1v) is 7.44. The number of nitrogens with one attached hydrogen (secondary N) is 1. The lowest BCUT2D eigenvalue weighted by atomic mass is 10.1. The third kappa shape index (κ3) is 3.18. The average Bonchev–Trinajstić information content (AvgIpc) is 2.89. The smallest absolute Gasteiger partial charge is 0.241 e. The molecule has 2 rings (SSSR count). The SMILES string of the molecule is Cc1cc(C(N)=S)ccc1S(=O)(=O)NCc1ncon1. The zero-order chi connectivity index (χ0) is 14.8. The molecule has 2 aromatic rings. The van der Waals surface area contributed by atoms with Crippen molar-refractivity contribution in [3.05, 3.63) is 41.5 Å². The van der Waals surface area contributed by atoms with Gasteiger partial charge in [-0.25, -0.2) is 13.1 Å². The Morgan fingerprint density at radius 3 is 2.80 bits per heavy atom. The van der Waals surface area contributed by atoms with Gasteiger partial charge < -0.3 is 10.3 Å².